The predicted octanol–water partition coefficient (Wildman–Crippen LogP) is 3.38. The Morgan fingerprint density at radius 3 is 2.43 bits per heavy atom. The lowest BCUT2D eigenvalue weighted by molar-refractivity contribution is -0.141. The minimum absolute atomic E-state index is 0.0776. The number of nitrogens with one attached hydrogen (secondary N) is 1. The van der Waals surface area contributed by atoms with Crippen molar-refractivity contribution in [1.82, 2.24) is 5.32 Å². The summed E-state index contributed by atoms with van der Waals surface area (Å²) in [5.41, 5.74) is 0.734. The Labute approximate surface area is 132 Å². The van der Waals surface area contributed by atoms with Gasteiger partial charge in [0.1, 0.15) is 0 Å². The molecule has 0 bridgehead atoms. The second-order valence-electron chi connectivity index (χ2n) is 5.09. The number of hydrogen-bond acceptors (Lipinski definition) is 2. The van der Waals surface area contributed by atoms with Crippen LogP contribution in [-0.4, -0.2) is 23.0 Å². The van der Waals surface area contributed by atoms with Crippen LogP contribution < -0.4 is 5.32 Å². The van der Waals surface area contributed by atoms with E-state index in [1.807, 2.05) is 0 Å². The fraction of sp³-hybridized carbons (Fsp3) is 0.333. The van der Waals surface area contributed by atoms with Crippen LogP contribution in [0.15, 0.2) is 24.3 Å². The fourth-order valence-electron chi connectivity index (χ4n) is 2.43. The molecule has 1 aliphatic rings. The molecule has 2 N–H and O–H groups in total. The lowest BCUT2D eigenvalue weighted by Crippen LogP contribution is -2.31. The number of rotatable bonds is 4. The molecule has 1 aromatic rings. The highest BCUT2D eigenvalue weighted by Gasteiger charge is 2.30. The number of carboxylic acid groups (broad SMARTS) is 1. The summed E-state index contributed by atoms with van der Waals surface area (Å²) in [5.74, 6) is -1.40. The normalized spacial score (nSPS) is 21.6. The van der Waals surface area contributed by atoms with E-state index < -0.39 is 5.97 Å². The summed E-state index contributed by atoms with van der Waals surface area (Å²) in [6.45, 7) is 0. The van der Waals surface area contributed by atoms with Gasteiger partial charge in [-0.15, -0.1) is 0 Å². The lowest BCUT2D eigenvalue weighted by Gasteiger charge is -2.10. The van der Waals surface area contributed by atoms with E-state index in [0.717, 1.165) is 5.56 Å². The maximum absolute atomic E-state index is 11.8. The Kier molecular flexibility index (Phi) is 5.26. The predicted molar refractivity (Wildman–Crippen MR) is 82.4 cm³/mol. The highest BCUT2D eigenvalue weighted by Crippen LogP contribution is 2.25. The number of amides is 1. The third-order valence-corrected chi connectivity index (χ3v) is 3.88. The summed E-state index contributed by atoms with van der Waals surface area (Å²) >= 11 is 11.7. The molecule has 2 unspecified atom stereocenters. The zero-order valence-electron chi connectivity index (χ0n) is 11.2. The molecular weight excluding hydrogens is 313 g/mol. The van der Waals surface area contributed by atoms with Crippen LogP contribution in [-0.2, 0) is 9.59 Å². The Hall–Kier alpha value is -1.52. The second kappa shape index (κ2) is 6.96. The van der Waals surface area contributed by atoms with Crippen LogP contribution in [0.25, 0.3) is 6.08 Å². The van der Waals surface area contributed by atoms with Crippen LogP contribution in [0, 0.1) is 5.92 Å². The number of carboxylic acids is 1. The van der Waals surface area contributed by atoms with Crippen molar-refractivity contribution in [3.8, 4) is 0 Å². The third kappa shape index (κ3) is 4.76. The minimum atomic E-state index is -0.795. The molecular formula is C15H15Cl2NO3. The first kappa shape index (κ1) is 15.9. The zero-order valence-corrected chi connectivity index (χ0v) is 12.7. The highest BCUT2D eigenvalue weighted by molar-refractivity contribution is 6.34. The van der Waals surface area contributed by atoms with Gasteiger partial charge in [0.05, 0.1) is 5.92 Å². The van der Waals surface area contributed by atoms with Crippen molar-refractivity contribution < 1.29 is 14.7 Å². The number of hydrogen-bond donors (Lipinski definition) is 2. The quantitative estimate of drug-likeness (QED) is 0.833. The molecule has 2 rings (SSSR count). The molecule has 1 fully saturated rings. The van der Waals surface area contributed by atoms with Gasteiger partial charge in [0.15, 0.2) is 0 Å². The van der Waals surface area contributed by atoms with Crippen LogP contribution in [0.4, 0.5) is 0 Å². The number of aliphatic carboxylic acids is 1. The van der Waals surface area contributed by atoms with Crippen LogP contribution in [0.3, 0.4) is 0 Å². The van der Waals surface area contributed by atoms with Gasteiger partial charge in [0, 0.05) is 22.2 Å². The van der Waals surface area contributed by atoms with Gasteiger partial charge in [-0.2, -0.15) is 0 Å². The molecule has 112 valence electrons. The Morgan fingerprint density at radius 1 is 1.19 bits per heavy atom. The number of carbonyl (C=O) groups excluding carboxylic acids is 1. The average molecular weight is 328 g/mol. The van der Waals surface area contributed by atoms with Gasteiger partial charge in [0.2, 0.25) is 5.91 Å². The van der Waals surface area contributed by atoms with E-state index in [-0.39, 0.29) is 17.9 Å². The molecule has 21 heavy (non-hydrogen) atoms. The average Bonchev–Trinajstić information content (AvgIpc) is 2.84. The van der Waals surface area contributed by atoms with E-state index in [4.69, 9.17) is 28.3 Å². The van der Waals surface area contributed by atoms with Gasteiger partial charge in [-0.25, -0.2) is 0 Å². The molecule has 6 heteroatoms. The molecule has 4 nitrogen and oxygen atoms in total. The summed E-state index contributed by atoms with van der Waals surface area (Å²) < 4.78 is 0. The summed E-state index contributed by atoms with van der Waals surface area (Å²) in [6.07, 6.45) is 4.80. The van der Waals surface area contributed by atoms with Gasteiger partial charge < -0.3 is 10.4 Å². The van der Waals surface area contributed by atoms with Gasteiger partial charge >= 0.3 is 5.97 Å². The molecule has 2 atom stereocenters. The van der Waals surface area contributed by atoms with Crippen LogP contribution in [0.2, 0.25) is 10.0 Å². The van der Waals surface area contributed by atoms with E-state index in [1.54, 1.807) is 24.3 Å². The van der Waals surface area contributed by atoms with Crippen molar-refractivity contribution in [1.29, 1.82) is 0 Å². The number of benzene rings is 1. The first-order valence-corrected chi connectivity index (χ1v) is 7.37. The van der Waals surface area contributed by atoms with Gasteiger partial charge in [0.25, 0.3) is 0 Å². The van der Waals surface area contributed by atoms with E-state index in [1.165, 1.54) is 6.08 Å². The van der Waals surface area contributed by atoms with Crippen molar-refractivity contribution >= 4 is 41.2 Å². The SMILES string of the molecule is O=C(C=Cc1cc(Cl)cc(Cl)c1)NC1CCC(C(=O)O)C1. The molecule has 0 aromatic heterocycles. The summed E-state index contributed by atoms with van der Waals surface area (Å²) in [6, 6.07) is 4.94. The maximum Gasteiger partial charge on any atom is 0.306 e. The van der Waals surface area contributed by atoms with Crippen molar-refractivity contribution in [2.45, 2.75) is 25.3 Å². The van der Waals surface area contributed by atoms with Crippen molar-refractivity contribution in [2.24, 2.45) is 5.92 Å². The van der Waals surface area contributed by atoms with Gasteiger partial charge in [-0.05, 0) is 49.1 Å². The molecule has 0 aliphatic heterocycles. The first-order valence-electron chi connectivity index (χ1n) is 6.61. The third-order valence-electron chi connectivity index (χ3n) is 3.44. The molecule has 0 spiro atoms. The summed E-state index contributed by atoms with van der Waals surface area (Å²) in [7, 11) is 0. The standard InChI is InChI=1S/C15H15Cl2NO3/c16-11-5-9(6-12(17)8-11)1-4-14(19)18-13-3-2-10(7-13)15(20)21/h1,4-6,8,10,13H,2-3,7H2,(H,18,19)(H,20,21). The Balaban J connectivity index is 1.90. The minimum Gasteiger partial charge on any atom is -0.481 e. The Bertz CT molecular complexity index is 566. The van der Waals surface area contributed by atoms with E-state index in [0.29, 0.717) is 29.3 Å². The van der Waals surface area contributed by atoms with Crippen molar-refractivity contribution in [3.05, 3.63) is 39.9 Å². The summed E-state index contributed by atoms with van der Waals surface area (Å²) in [4.78, 5) is 22.7. The monoisotopic (exact) mass is 327 g/mol. The molecule has 0 saturated heterocycles. The number of halogens is 2. The van der Waals surface area contributed by atoms with E-state index in [2.05, 4.69) is 5.32 Å². The highest BCUT2D eigenvalue weighted by atomic mass is 35.5. The maximum atomic E-state index is 11.8. The fourth-order valence-corrected chi connectivity index (χ4v) is 2.97. The van der Waals surface area contributed by atoms with Gasteiger partial charge in [-0.1, -0.05) is 23.2 Å². The molecule has 0 heterocycles. The van der Waals surface area contributed by atoms with Crippen molar-refractivity contribution in [2.75, 3.05) is 0 Å². The topological polar surface area (TPSA) is 66.4 Å². The van der Waals surface area contributed by atoms with E-state index >= 15 is 0 Å². The zero-order chi connectivity index (χ0) is 15.4. The Morgan fingerprint density at radius 2 is 1.86 bits per heavy atom. The van der Waals surface area contributed by atoms with Crippen molar-refractivity contribution in [3.63, 3.8) is 0 Å². The molecule has 1 aliphatic carbocycles. The van der Waals surface area contributed by atoms with Gasteiger partial charge in [-0.3, -0.25) is 9.59 Å². The molecule has 1 amide bonds. The smallest absolute Gasteiger partial charge is 0.306 e. The number of carbonyl (C=O) groups is 2. The van der Waals surface area contributed by atoms with Crippen LogP contribution >= 0.6 is 23.2 Å². The largest absolute Gasteiger partial charge is 0.481 e. The van der Waals surface area contributed by atoms with E-state index in [9.17, 15) is 9.59 Å². The molecule has 0 radical (unpaired) electrons. The van der Waals surface area contributed by atoms with Crippen LogP contribution in [0.1, 0.15) is 24.8 Å². The summed E-state index contributed by atoms with van der Waals surface area (Å²) in [5, 5.41) is 12.7. The molecule has 1 aromatic carbocycles. The lowest BCUT2D eigenvalue weighted by atomic mass is 10.1. The first-order chi connectivity index (χ1) is 9.94. The van der Waals surface area contributed by atoms with Crippen LogP contribution in [0.5, 0.6) is 0 Å². The second-order valence-corrected chi connectivity index (χ2v) is 5.96. The molecule has 1 saturated carbocycles.